The Kier molecular flexibility index (Phi) is 8.68. The largest absolute Gasteiger partial charge is 0.480 e. The smallest absolute Gasteiger partial charge is 0.407 e. The molecule has 0 saturated carbocycles. The van der Waals surface area contributed by atoms with Crippen molar-refractivity contribution in [1.29, 1.82) is 0 Å². The second-order valence-electron chi connectivity index (χ2n) is 9.25. The maximum absolute atomic E-state index is 12.6. The summed E-state index contributed by atoms with van der Waals surface area (Å²) in [5.74, 6) is -1.37. The molecule has 182 valence electrons. The minimum Gasteiger partial charge on any atom is -0.480 e. The van der Waals surface area contributed by atoms with Crippen LogP contribution in [-0.4, -0.2) is 41.8 Å². The van der Waals surface area contributed by atoms with Crippen molar-refractivity contribution < 1.29 is 24.2 Å². The number of nitrogens with one attached hydrogen (secondary N) is 2. The van der Waals surface area contributed by atoms with Gasteiger partial charge in [-0.05, 0) is 41.0 Å². The lowest BCUT2D eigenvalue weighted by atomic mass is 9.98. The van der Waals surface area contributed by atoms with E-state index in [-0.39, 0.29) is 24.9 Å². The lowest BCUT2D eigenvalue weighted by Crippen LogP contribution is -2.45. The summed E-state index contributed by atoms with van der Waals surface area (Å²) >= 11 is 0. The molecule has 2 aromatic carbocycles. The number of rotatable bonds is 11. The van der Waals surface area contributed by atoms with Crippen LogP contribution in [0.1, 0.15) is 63.5 Å². The van der Waals surface area contributed by atoms with Crippen molar-refractivity contribution >= 4 is 18.0 Å². The van der Waals surface area contributed by atoms with Crippen molar-refractivity contribution in [2.75, 3.05) is 6.61 Å². The number of carboxylic acid groups (broad SMARTS) is 1. The Morgan fingerprint density at radius 1 is 0.971 bits per heavy atom. The molecule has 1 aliphatic rings. The van der Waals surface area contributed by atoms with E-state index in [1.165, 1.54) is 0 Å². The van der Waals surface area contributed by atoms with Crippen molar-refractivity contribution in [1.82, 2.24) is 10.6 Å². The van der Waals surface area contributed by atoms with E-state index in [0.717, 1.165) is 28.7 Å². The molecule has 7 nitrogen and oxygen atoms in total. The maximum Gasteiger partial charge on any atom is 0.407 e. The van der Waals surface area contributed by atoms with Crippen LogP contribution in [0.25, 0.3) is 11.1 Å². The van der Waals surface area contributed by atoms with Crippen LogP contribution in [0.4, 0.5) is 4.79 Å². The highest BCUT2D eigenvalue weighted by Gasteiger charge is 2.29. The fourth-order valence-corrected chi connectivity index (χ4v) is 4.55. The van der Waals surface area contributed by atoms with Crippen LogP contribution in [0.5, 0.6) is 0 Å². The Morgan fingerprint density at radius 2 is 1.56 bits per heavy atom. The third kappa shape index (κ3) is 6.37. The second-order valence-corrected chi connectivity index (χ2v) is 9.25. The first-order valence-corrected chi connectivity index (χ1v) is 11.9. The summed E-state index contributed by atoms with van der Waals surface area (Å²) < 4.78 is 5.59. The number of amides is 2. The number of hydrogen-bond donors (Lipinski definition) is 3. The third-order valence-electron chi connectivity index (χ3n) is 6.08. The minimum atomic E-state index is -1.06. The average Bonchev–Trinajstić information content (AvgIpc) is 3.11. The van der Waals surface area contributed by atoms with Crippen molar-refractivity contribution in [2.45, 2.75) is 64.5 Å². The van der Waals surface area contributed by atoms with Crippen molar-refractivity contribution in [3.05, 3.63) is 59.7 Å². The van der Waals surface area contributed by atoms with Crippen molar-refractivity contribution in [2.24, 2.45) is 5.92 Å². The van der Waals surface area contributed by atoms with E-state index in [9.17, 15) is 19.5 Å². The highest BCUT2D eigenvalue weighted by molar-refractivity contribution is 5.84. The molecule has 1 aliphatic carbocycles. The second kappa shape index (κ2) is 11.7. The zero-order valence-corrected chi connectivity index (χ0v) is 20.0. The molecule has 3 rings (SSSR count). The van der Waals surface area contributed by atoms with Crippen molar-refractivity contribution in [3.8, 4) is 11.1 Å². The number of fused-ring (bicyclic) bond motifs is 3. The number of aliphatic carboxylic acids is 1. The lowest BCUT2D eigenvalue weighted by Gasteiger charge is -2.21. The highest BCUT2D eigenvalue weighted by Crippen LogP contribution is 2.44. The zero-order valence-electron chi connectivity index (χ0n) is 20.0. The molecule has 0 saturated heterocycles. The Hall–Kier alpha value is -3.35. The molecule has 2 amide bonds. The quantitative estimate of drug-likeness (QED) is 0.445. The third-order valence-corrected chi connectivity index (χ3v) is 6.08. The molecular formula is C27H34N2O5. The van der Waals surface area contributed by atoms with E-state index in [1.807, 2.05) is 45.0 Å². The monoisotopic (exact) mass is 466 g/mol. The van der Waals surface area contributed by atoms with Gasteiger partial charge in [-0.15, -0.1) is 0 Å². The predicted molar refractivity (Wildman–Crippen MR) is 131 cm³/mol. The van der Waals surface area contributed by atoms with Crippen LogP contribution < -0.4 is 10.6 Å². The molecule has 2 atom stereocenters. The van der Waals surface area contributed by atoms with Crippen molar-refractivity contribution in [3.63, 3.8) is 0 Å². The highest BCUT2D eigenvalue weighted by atomic mass is 16.5. The van der Waals surface area contributed by atoms with E-state index in [2.05, 4.69) is 34.9 Å². The van der Waals surface area contributed by atoms with Gasteiger partial charge in [0.25, 0.3) is 0 Å². The van der Waals surface area contributed by atoms with Gasteiger partial charge in [-0.3, -0.25) is 4.79 Å². The topological polar surface area (TPSA) is 105 Å². The van der Waals surface area contributed by atoms with E-state index in [1.54, 1.807) is 0 Å². The molecule has 0 heterocycles. The molecule has 0 fully saturated rings. The van der Waals surface area contributed by atoms with Crippen LogP contribution in [0.15, 0.2) is 48.5 Å². The summed E-state index contributed by atoms with van der Waals surface area (Å²) in [5.41, 5.74) is 4.57. The van der Waals surface area contributed by atoms with Gasteiger partial charge in [0.2, 0.25) is 5.91 Å². The maximum atomic E-state index is 12.6. The number of carbonyl (C=O) groups excluding carboxylic acids is 2. The van der Waals surface area contributed by atoms with Gasteiger partial charge < -0.3 is 20.5 Å². The summed E-state index contributed by atoms with van der Waals surface area (Å²) in [4.78, 5) is 36.5. The molecule has 34 heavy (non-hydrogen) atoms. The van der Waals surface area contributed by atoms with Crippen LogP contribution in [0.2, 0.25) is 0 Å². The fourth-order valence-electron chi connectivity index (χ4n) is 4.55. The molecular weight excluding hydrogens is 432 g/mol. The lowest BCUT2D eigenvalue weighted by molar-refractivity contribution is -0.142. The summed E-state index contributed by atoms with van der Waals surface area (Å²) in [5, 5.41) is 14.7. The Morgan fingerprint density at radius 3 is 2.09 bits per heavy atom. The van der Waals surface area contributed by atoms with E-state index < -0.39 is 30.1 Å². The van der Waals surface area contributed by atoms with E-state index in [0.29, 0.717) is 12.8 Å². The molecule has 3 N–H and O–H groups in total. The number of alkyl carbamates (subject to hydrolysis) is 1. The zero-order chi connectivity index (χ0) is 24.7. The standard InChI is InChI=1S/C27H34N2O5/c1-4-9-18(15-25(30)29-24(26(31)32)14-17(2)3)28-27(33)34-16-23-21-12-7-5-10-19(21)20-11-6-8-13-22(20)23/h5-8,10-13,17-18,23-24H,4,9,14-16H2,1-3H3,(H,28,33)(H,29,30)(H,31,32)/t18-,24-/m1/s1. The molecule has 0 aliphatic heterocycles. The molecule has 0 spiro atoms. The summed E-state index contributed by atoms with van der Waals surface area (Å²) in [7, 11) is 0. The van der Waals surface area contributed by atoms with Gasteiger partial charge in [0.1, 0.15) is 12.6 Å². The molecule has 2 aromatic rings. The normalized spacial score (nSPS) is 14.1. The number of hydrogen-bond acceptors (Lipinski definition) is 4. The number of ether oxygens (including phenoxy) is 1. The van der Waals surface area contributed by atoms with Crippen LogP contribution in [-0.2, 0) is 14.3 Å². The molecule has 7 heteroatoms. The molecule has 0 unspecified atom stereocenters. The Labute approximate surface area is 200 Å². The Bertz CT molecular complexity index is 974. The summed E-state index contributed by atoms with van der Waals surface area (Å²) in [6, 6.07) is 14.9. The summed E-state index contributed by atoms with van der Waals surface area (Å²) in [6.45, 7) is 5.96. The average molecular weight is 467 g/mol. The van der Waals surface area contributed by atoms with Crippen LogP contribution >= 0.6 is 0 Å². The SMILES string of the molecule is CCC[C@H](CC(=O)N[C@H](CC(C)C)C(=O)O)NC(=O)OCC1c2ccccc2-c2ccccc21. The minimum absolute atomic E-state index is 0.0000887. The van der Waals surface area contributed by atoms with Gasteiger partial charge in [-0.25, -0.2) is 9.59 Å². The number of benzene rings is 2. The molecule has 0 aromatic heterocycles. The van der Waals surface area contributed by atoms with E-state index in [4.69, 9.17) is 4.74 Å². The number of carboxylic acids is 1. The fraction of sp³-hybridized carbons (Fsp3) is 0.444. The first kappa shape index (κ1) is 25.3. The van der Waals surface area contributed by atoms with Gasteiger partial charge in [0.05, 0.1) is 0 Å². The van der Waals surface area contributed by atoms with Crippen LogP contribution in [0.3, 0.4) is 0 Å². The number of carbonyl (C=O) groups is 3. The van der Waals surface area contributed by atoms with Gasteiger partial charge in [-0.2, -0.15) is 0 Å². The first-order chi connectivity index (χ1) is 16.3. The van der Waals surface area contributed by atoms with E-state index >= 15 is 0 Å². The molecule has 0 radical (unpaired) electrons. The van der Waals surface area contributed by atoms with Crippen LogP contribution in [0, 0.1) is 5.92 Å². The predicted octanol–water partition coefficient (Wildman–Crippen LogP) is 4.70. The first-order valence-electron chi connectivity index (χ1n) is 11.9. The van der Waals surface area contributed by atoms with Gasteiger partial charge in [0, 0.05) is 18.4 Å². The molecule has 0 bridgehead atoms. The van der Waals surface area contributed by atoms with Gasteiger partial charge >= 0.3 is 12.1 Å². The van der Waals surface area contributed by atoms with Gasteiger partial charge in [-0.1, -0.05) is 75.7 Å². The summed E-state index contributed by atoms with van der Waals surface area (Å²) in [6.07, 6.45) is 1.11. The van der Waals surface area contributed by atoms with Gasteiger partial charge in [0.15, 0.2) is 0 Å². The Balaban J connectivity index is 1.58.